The van der Waals surface area contributed by atoms with Crippen molar-refractivity contribution in [2.24, 2.45) is 0 Å². The smallest absolute Gasteiger partial charge is 0.182 e. The number of nitrogens with zero attached hydrogens (tertiary/aromatic N) is 4. The number of anilines is 2. The quantitative estimate of drug-likeness (QED) is 0.710. The van der Waals surface area contributed by atoms with Crippen molar-refractivity contribution in [3.8, 4) is 11.4 Å². The fourth-order valence-electron chi connectivity index (χ4n) is 2.11. The zero-order valence-electron chi connectivity index (χ0n) is 11.1. The van der Waals surface area contributed by atoms with E-state index in [2.05, 4.69) is 31.5 Å². The maximum atomic E-state index is 5.83. The Kier molecular flexibility index (Phi) is 3.57. The maximum absolute atomic E-state index is 5.83. The number of hydrogen-bond donors (Lipinski definition) is 2. The average Bonchev–Trinajstić information content (AvgIpc) is 2.88. The number of hydrogen-bond acceptors (Lipinski definition) is 5. The normalized spacial score (nSPS) is 10.7. The van der Waals surface area contributed by atoms with Gasteiger partial charge < -0.3 is 11.5 Å². The highest BCUT2D eigenvalue weighted by Gasteiger charge is 2.11. The number of nitrogens with two attached hydrogens (primary N) is 2. The summed E-state index contributed by atoms with van der Waals surface area (Å²) >= 11 is 3.52. The Hall–Kier alpha value is -2.41. The van der Waals surface area contributed by atoms with Crippen LogP contribution >= 0.6 is 15.9 Å². The van der Waals surface area contributed by atoms with Crippen LogP contribution in [-0.2, 0) is 6.54 Å². The van der Waals surface area contributed by atoms with Crippen molar-refractivity contribution in [3.05, 3.63) is 52.5 Å². The summed E-state index contributed by atoms with van der Waals surface area (Å²) in [7, 11) is 0. The lowest BCUT2D eigenvalue weighted by Gasteiger charge is -2.08. The van der Waals surface area contributed by atoms with E-state index in [1.807, 2.05) is 24.3 Å². The van der Waals surface area contributed by atoms with Gasteiger partial charge in [-0.25, -0.2) is 4.68 Å². The molecule has 0 aliphatic rings. The predicted molar refractivity (Wildman–Crippen MR) is 85.3 cm³/mol. The third-order valence-electron chi connectivity index (χ3n) is 3.05. The van der Waals surface area contributed by atoms with Gasteiger partial charge in [0, 0.05) is 21.4 Å². The standard InChI is InChI=1S/C14H13BrN6/c15-13-4-2-1-3-9(13)8-21-14(18-19-20-21)10-5-11(16)7-12(17)6-10/h1-7H,8,16-17H2. The fraction of sp³-hybridized carbons (Fsp3) is 0.0714. The van der Waals surface area contributed by atoms with Crippen LogP contribution in [0.25, 0.3) is 11.4 Å². The van der Waals surface area contributed by atoms with Gasteiger partial charge in [-0.3, -0.25) is 0 Å². The Morgan fingerprint density at radius 3 is 2.48 bits per heavy atom. The molecular weight excluding hydrogens is 332 g/mol. The zero-order valence-corrected chi connectivity index (χ0v) is 12.7. The molecule has 0 saturated carbocycles. The average molecular weight is 345 g/mol. The van der Waals surface area contributed by atoms with Gasteiger partial charge >= 0.3 is 0 Å². The summed E-state index contributed by atoms with van der Waals surface area (Å²) in [4.78, 5) is 0. The van der Waals surface area contributed by atoms with Crippen molar-refractivity contribution in [2.45, 2.75) is 6.54 Å². The lowest BCUT2D eigenvalue weighted by Crippen LogP contribution is -2.05. The summed E-state index contributed by atoms with van der Waals surface area (Å²) in [5, 5.41) is 11.9. The van der Waals surface area contributed by atoms with Gasteiger partial charge in [0.15, 0.2) is 5.82 Å². The lowest BCUT2D eigenvalue weighted by atomic mass is 10.1. The van der Waals surface area contributed by atoms with Crippen molar-refractivity contribution < 1.29 is 0 Å². The van der Waals surface area contributed by atoms with Gasteiger partial charge in [0.05, 0.1) is 6.54 Å². The summed E-state index contributed by atoms with van der Waals surface area (Å²) in [6.07, 6.45) is 0. The SMILES string of the molecule is Nc1cc(N)cc(-c2nnnn2Cc2ccccc2Br)c1. The molecular formula is C14H13BrN6. The number of nitrogen functional groups attached to an aromatic ring is 2. The molecule has 0 amide bonds. The molecule has 1 heterocycles. The second kappa shape index (κ2) is 5.53. The first-order chi connectivity index (χ1) is 10.1. The van der Waals surface area contributed by atoms with Crippen LogP contribution in [0.5, 0.6) is 0 Å². The minimum absolute atomic E-state index is 0.554. The molecule has 0 fully saturated rings. The predicted octanol–water partition coefficient (Wildman–Crippen LogP) is 2.32. The monoisotopic (exact) mass is 344 g/mol. The van der Waals surface area contributed by atoms with Crippen LogP contribution in [0.1, 0.15) is 5.56 Å². The molecule has 0 aliphatic carbocycles. The van der Waals surface area contributed by atoms with Crippen LogP contribution < -0.4 is 11.5 Å². The number of halogens is 1. The van der Waals surface area contributed by atoms with Crippen molar-refractivity contribution in [1.82, 2.24) is 20.2 Å². The fourth-order valence-corrected chi connectivity index (χ4v) is 2.52. The van der Waals surface area contributed by atoms with Gasteiger partial charge in [-0.15, -0.1) is 5.10 Å². The van der Waals surface area contributed by atoms with Crippen LogP contribution in [0.2, 0.25) is 0 Å². The minimum atomic E-state index is 0.554. The molecule has 0 saturated heterocycles. The molecule has 3 aromatic rings. The van der Waals surface area contributed by atoms with E-state index in [0.717, 1.165) is 15.6 Å². The van der Waals surface area contributed by atoms with E-state index in [0.29, 0.717) is 23.7 Å². The third kappa shape index (κ3) is 2.87. The highest BCUT2D eigenvalue weighted by molar-refractivity contribution is 9.10. The number of rotatable bonds is 3. The summed E-state index contributed by atoms with van der Waals surface area (Å²) < 4.78 is 2.73. The second-order valence-electron chi connectivity index (χ2n) is 4.64. The molecule has 106 valence electrons. The Bertz CT molecular complexity index is 762. The van der Waals surface area contributed by atoms with Gasteiger partial charge in [0.2, 0.25) is 0 Å². The van der Waals surface area contributed by atoms with E-state index >= 15 is 0 Å². The van der Waals surface area contributed by atoms with Crippen LogP contribution in [0, 0.1) is 0 Å². The summed E-state index contributed by atoms with van der Waals surface area (Å²) in [6, 6.07) is 13.2. The van der Waals surface area contributed by atoms with E-state index in [-0.39, 0.29) is 0 Å². The molecule has 0 bridgehead atoms. The topological polar surface area (TPSA) is 95.6 Å². The van der Waals surface area contributed by atoms with Crippen molar-refractivity contribution in [3.63, 3.8) is 0 Å². The van der Waals surface area contributed by atoms with Crippen molar-refractivity contribution in [2.75, 3.05) is 11.5 Å². The molecule has 1 aromatic heterocycles. The Morgan fingerprint density at radius 2 is 1.76 bits per heavy atom. The molecule has 21 heavy (non-hydrogen) atoms. The Balaban J connectivity index is 1.99. The van der Waals surface area contributed by atoms with Crippen LogP contribution in [0.3, 0.4) is 0 Å². The second-order valence-corrected chi connectivity index (χ2v) is 5.49. The number of benzene rings is 2. The van der Waals surface area contributed by atoms with Crippen LogP contribution in [0.15, 0.2) is 46.9 Å². The molecule has 4 N–H and O–H groups in total. The minimum Gasteiger partial charge on any atom is -0.399 e. The van der Waals surface area contributed by atoms with E-state index in [4.69, 9.17) is 11.5 Å². The summed E-state index contributed by atoms with van der Waals surface area (Å²) in [5.41, 5.74) is 14.7. The van der Waals surface area contributed by atoms with Gasteiger partial charge in [-0.1, -0.05) is 34.1 Å². The van der Waals surface area contributed by atoms with Gasteiger partial charge in [-0.05, 0) is 40.3 Å². The van der Waals surface area contributed by atoms with E-state index in [9.17, 15) is 0 Å². The first-order valence-corrected chi connectivity index (χ1v) is 7.09. The largest absolute Gasteiger partial charge is 0.399 e. The Morgan fingerprint density at radius 1 is 1.05 bits per heavy atom. The highest BCUT2D eigenvalue weighted by Crippen LogP contribution is 2.24. The molecule has 6 nitrogen and oxygen atoms in total. The number of tetrazole rings is 1. The lowest BCUT2D eigenvalue weighted by molar-refractivity contribution is 0.652. The first-order valence-electron chi connectivity index (χ1n) is 6.29. The van der Waals surface area contributed by atoms with Gasteiger partial charge in [-0.2, -0.15) is 0 Å². The maximum Gasteiger partial charge on any atom is 0.182 e. The van der Waals surface area contributed by atoms with Gasteiger partial charge in [0.1, 0.15) is 0 Å². The molecule has 2 aromatic carbocycles. The summed E-state index contributed by atoms with van der Waals surface area (Å²) in [5.74, 6) is 0.629. The molecule has 0 radical (unpaired) electrons. The van der Waals surface area contributed by atoms with Crippen LogP contribution in [-0.4, -0.2) is 20.2 Å². The Labute approximate surface area is 129 Å². The van der Waals surface area contributed by atoms with Crippen LogP contribution in [0.4, 0.5) is 11.4 Å². The molecule has 0 spiro atoms. The third-order valence-corrected chi connectivity index (χ3v) is 3.82. The van der Waals surface area contributed by atoms with Gasteiger partial charge in [0.25, 0.3) is 0 Å². The van der Waals surface area contributed by atoms with Crippen molar-refractivity contribution >= 4 is 27.3 Å². The van der Waals surface area contributed by atoms with E-state index in [1.165, 1.54) is 0 Å². The molecule has 0 unspecified atom stereocenters. The molecule has 3 rings (SSSR count). The number of aromatic nitrogens is 4. The zero-order chi connectivity index (χ0) is 14.8. The molecule has 0 aliphatic heterocycles. The molecule has 0 atom stereocenters. The van der Waals surface area contributed by atoms with E-state index < -0.39 is 0 Å². The van der Waals surface area contributed by atoms with E-state index in [1.54, 1.807) is 22.9 Å². The highest BCUT2D eigenvalue weighted by atomic mass is 79.9. The summed E-state index contributed by atoms with van der Waals surface area (Å²) in [6.45, 7) is 0.554. The molecule has 7 heteroatoms. The first kappa shape index (κ1) is 13.6. The van der Waals surface area contributed by atoms with Crippen molar-refractivity contribution in [1.29, 1.82) is 0 Å².